The zero-order valence-electron chi connectivity index (χ0n) is 11.4. The van der Waals surface area contributed by atoms with E-state index in [-0.39, 0.29) is 10.6 Å². The molecule has 0 heterocycles. The van der Waals surface area contributed by atoms with Gasteiger partial charge in [-0.15, -0.1) is 0 Å². The van der Waals surface area contributed by atoms with E-state index in [0.717, 1.165) is 18.2 Å². The number of benzene rings is 1. The lowest BCUT2D eigenvalue weighted by Gasteiger charge is -2.25. The maximum atomic E-state index is 12.1. The highest BCUT2D eigenvalue weighted by Crippen LogP contribution is 2.29. The van der Waals surface area contributed by atoms with Crippen molar-refractivity contribution >= 4 is 15.7 Å². The Balaban J connectivity index is 3.27. The predicted octanol–water partition coefficient (Wildman–Crippen LogP) is -0.375. The van der Waals surface area contributed by atoms with Crippen LogP contribution in [0.3, 0.4) is 0 Å². The van der Waals surface area contributed by atoms with Gasteiger partial charge in [0.05, 0.1) is 35.7 Å². The molecule has 0 amide bonds. The number of sulfonamides is 1. The lowest BCUT2D eigenvalue weighted by atomic mass is 10.1. The summed E-state index contributed by atoms with van der Waals surface area (Å²) in [5.41, 5.74) is -1.98. The SMILES string of the molecule is COc1ccc(S(=O)(=O)NC(C)(CO)CO)cc1[N+](=O)[O-]. The molecule has 118 valence electrons. The van der Waals surface area contributed by atoms with E-state index in [2.05, 4.69) is 4.72 Å². The highest BCUT2D eigenvalue weighted by molar-refractivity contribution is 7.89. The third kappa shape index (κ3) is 3.88. The van der Waals surface area contributed by atoms with Gasteiger partial charge in [-0.1, -0.05) is 0 Å². The fourth-order valence-electron chi connectivity index (χ4n) is 1.48. The second-order valence-electron chi connectivity index (χ2n) is 4.57. The smallest absolute Gasteiger partial charge is 0.312 e. The molecular formula is C11H16N2O7S. The summed E-state index contributed by atoms with van der Waals surface area (Å²) < 4.78 is 31.2. The molecule has 0 atom stereocenters. The van der Waals surface area contributed by atoms with Crippen LogP contribution >= 0.6 is 0 Å². The number of nitro groups is 1. The van der Waals surface area contributed by atoms with E-state index in [4.69, 9.17) is 14.9 Å². The highest BCUT2D eigenvalue weighted by Gasteiger charge is 2.31. The molecule has 0 aromatic heterocycles. The largest absolute Gasteiger partial charge is 0.490 e. The van der Waals surface area contributed by atoms with Gasteiger partial charge in [0.25, 0.3) is 0 Å². The number of rotatable bonds is 7. The summed E-state index contributed by atoms with van der Waals surface area (Å²) in [6.45, 7) is 0.0183. The van der Waals surface area contributed by atoms with Gasteiger partial charge < -0.3 is 14.9 Å². The molecule has 0 saturated heterocycles. The first-order chi connectivity index (χ1) is 9.69. The summed E-state index contributed by atoms with van der Waals surface area (Å²) in [6.07, 6.45) is 0. The van der Waals surface area contributed by atoms with Crippen molar-refractivity contribution in [1.29, 1.82) is 0 Å². The quantitative estimate of drug-likeness (QED) is 0.460. The first-order valence-electron chi connectivity index (χ1n) is 5.77. The fraction of sp³-hybridized carbons (Fsp3) is 0.455. The average Bonchev–Trinajstić information content (AvgIpc) is 2.45. The summed E-state index contributed by atoms with van der Waals surface area (Å²) in [5, 5.41) is 29.1. The summed E-state index contributed by atoms with van der Waals surface area (Å²) >= 11 is 0. The first kappa shape index (κ1) is 17.3. The maximum absolute atomic E-state index is 12.1. The van der Waals surface area contributed by atoms with E-state index < -0.39 is 39.4 Å². The molecule has 9 nitrogen and oxygen atoms in total. The van der Waals surface area contributed by atoms with Gasteiger partial charge in [-0.3, -0.25) is 10.1 Å². The van der Waals surface area contributed by atoms with E-state index >= 15 is 0 Å². The minimum atomic E-state index is -4.15. The van der Waals surface area contributed by atoms with Crippen LogP contribution in [-0.2, 0) is 10.0 Å². The number of hydrogen-bond acceptors (Lipinski definition) is 7. The molecule has 0 fully saturated rings. The maximum Gasteiger partial charge on any atom is 0.312 e. The average molecular weight is 320 g/mol. The summed E-state index contributed by atoms with van der Waals surface area (Å²) in [4.78, 5) is 9.75. The monoisotopic (exact) mass is 320 g/mol. The van der Waals surface area contributed by atoms with Crippen molar-refractivity contribution in [2.45, 2.75) is 17.4 Å². The third-order valence-electron chi connectivity index (χ3n) is 2.74. The standard InChI is InChI=1S/C11H16N2O7S/c1-11(6-14,7-15)12-21(18,19)8-3-4-10(20-2)9(5-8)13(16)17/h3-5,12,14-15H,6-7H2,1-2H3. The Morgan fingerprint density at radius 3 is 2.38 bits per heavy atom. The summed E-state index contributed by atoms with van der Waals surface area (Å²) in [7, 11) is -2.93. The van der Waals surface area contributed by atoms with Crippen molar-refractivity contribution < 1.29 is 28.3 Å². The van der Waals surface area contributed by atoms with Crippen LogP contribution in [-0.4, -0.2) is 49.4 Å². The Hall–Kier alpha value is -1.75. The zero-order valence-corrected chi connectivity index (χ0v) is 12.3. The van der Waals surface area contributed by atoms with E-state index in [1.54, 1.807) is 0 Å². The molecule has 1 rings (SSSR count). The van der Waals surface area contributed by atoms with Crippen molar-refractivity contribution in [3.05, 3.63) is 28.3 Å². The van der Waals surface area contributed by atoms with Crippen LogP contribution in [0.25, 0.3) is 0 Å². The molecule has 21 heavy (non-hydrogen) atoms. The van der Waals surface area contributed by atoms with E-state index in [1.165, 1.54) is 14.0 Å². The molecule has 0 spiro atoms. The number of methoxy groups -OCH3 is 1. The van der Waals surface area contributed by atoms with Crippen LogP contribution in [0.1, 0.15) is 6.92 Å². The second-order valence-corrected chi connectivity index (χ2v) is 6.26. The first-order valence-corrected chi connectivity index (χ1v) is 7.25. The Kier molecular flexibility index (Phi) is 5.23. The number of nitrogens with zero attached hydrogens (tertiary/aromatic N) is 1. The number of nitrogens with one attached hydrogen (secondary N) is 1. The molecule has 0 radical (unpaired) electrons. The summed E-state index contributed by atoms with van der Waals surface area (Å²) in [5.74, 6) is -0.0778. The van der Waals surface area contributed by atoms with Crippen LogP contribution in [0.15, 0.2) is 23.1 Å². The molecule has 0 unspecified atom stereocenters. The summed E-state index contributed by atoms with van der Waals surface area (Å²) in [6, 6.07) is 3.13. The minimum absolute atomic E-state index is 0.0778. The Labute approximate surface area is 121 Å². The van der Waals surface area contributed by atoms with Crippen molar-refractivity contribution in [3.8, 4) is 5.75 Å². The van der Waals surface area contributed by atoms with Gasteiger partial charge in [-0.25, -0.2) is 13.1 Å². The topological polar surface area (TPSA) is 139 Å². The Morgan fingerprint density at radius 1 is 1.38 bits per heavy atom. The molecule has 0 aliphatic heterocycles. The van der Waals surface area contributed by atoms with Gasteiger partial charge in [0.1, 0.15) is 0 Å². The molecule has 0 bridgehead atoms. The predicted molar refractivity (Wildman–Crippen MR) is 72.5 cm³/mol. The Morgan fingerprint density at radius 2 is 1.95 bits per heavy atom. The van der Waals surface area contributed by atoms with Crippen LogP contribution in [0.5, 0.6) is 5.75 Å². The number of aliphatic hydroxyl groups is 2. The van der Waals surface area contributed by atoms with E-state index in [9.17, 15) is 18.5 Å². The Bertz CT molecular complexity index is 625. The highest BCUT2D eigenvalue weighted by atomic mass is 32.2. The van der Waals surface area contributed by atoms with Crippen LogP contribution < -0.4 is 9.46 Å². The minimum Gasteiger partial charge on any atom is -0.490 e. The lowest BCUT2D eigenvalue weighted by Crippen LogP contribution is -2.51. The van der Waals surface area contributed by atoms with Crippen LogP contribution in [0.4, 0.5) is 5.69 Å². The van der Waals surface area contributed by atoms with Gasteiger partial charge in [0.15, 0.2) is 5.75 Å². The molecule has 10 heteroatoms. The second kappa shape index (κ2) is 6.35. The van der Waals surface area contributed by atoms with Crippen molar-refractivity contribution in [1.82, 2.24) is 4.72 Å². The number of nitro benzene ring substituents is 1. The zero-order chi connectivity index (χ0) is 16.3. The normalized spacial score (nSPS) is 12.2. The van der Waals surface area contributed by atoms with Crippen molar-refractivity contribution in [3.63, 3.8) is 0 Å². The molecule has 0 saturated carbocycles. The van der Waals surface area contributed by atoms with Crippen molar-refractivity contribution in [2.75, 3.05) is 20.3 Å². The molecule has 1 aromatic carbocycles. The van der Waals surface area contributed by atoms with E-state index in [1.807, 2.05) is 0 Å². The fourth-order valence-corrected chi connectivity index (χ4v) is 2.89. The third-order valence-corrected chi connectivity index (χ3v) is 4.37. The van der Waals surface area contributed by atoms with Gasteiger partial charge in [0.2, 0.25) is 10.0 Å². The van der Waals surface area contributed by atoms with Gasteiger partial charge in [-0.05, 0) is 19.1 Å². The van der Waals surface area contributed by atoms with E-state index in [0.29, 0.717) is 0 Å². The lowest BCUT2D eigenvalue weighted by molar-refractivity contribution is -0.386. The number of ether oxygens (including phenoxy) is 1. The van der Waals surface area contributed by atoms with Crippen LogP contribution in [0.2, 0.25) is 0 Å². The van der Waals surface area contributed by atoms with Gasteiger partial charge in [-0.2, -0.15) is 0 Å². The van der Waals surface area contributed by atoms with Crippen molar-refractivity contribution in [2.24, 2.45) is 0 Å². The number of aliphatic hydroxyl groups excluding tert-OH is 2. The van der Waals surface area contributed by atoms with Gasteiger partial charge >= 0.3 is 5.69 Å². The molecule has 1 aromatic rings. The molecular weight excluding hydrogens is 304 g/mol. The molecule has 0 aliphatic rings. The molecule has 0 aliphatic carbocycles. The number of hydrogen-bond donors (Lipinski definition) is 3. The van der Waals surface area contributed by atoms with Gasteiger partial charge in [0, 0.05) is 6.07 Å². The van der Waals surface area contributed by atoms with Crippen LogP contribution in [0, 0.1) is 10.1 Å². The molecule has 3 N–H and O–H groups in total.